The summed E-state index contributed by atoms with van der Waals surface area (Å²) in [6.45, 7) is 0.300. The number of hydrogen-bond acceptors (Lipinski definition) is 4. The summed E-state index contributed by atoms with van der Waals surface area (Å²) in [7, 11) is -5.06. The number of unbranched alkanes of at least 4 members (excludes halogenated alkanes) is 1. The third-order valence-electron chi connectivity index (χ3n) is 0.942. The first-order chi connectivity index (χ1) is 5.63. The zero-order valence-corrected chi connectivity index (χ0v) is 8.04. The molecule has 12 heavy (non-hydrogen) atoms. The van der Waals surface area contributed by atoms with Crippen molar-refractivity contribution in [1.29, 1.82) is 0 Å². The molecule has 0 aliphatic carbocycles. The topological polar surface area (TPSA) is 93.1 Å². The molecule has 0 bridgehead atoms. The Bertz CT molecular complexity index is 142. The maximum absolute atomic E-state index is 9.95. The van der Waals surface area contributed by atoms with Crippen molar-refractivity contribution in [3.8, 4) is 0 Å². The first-order valence-corrected chi connectivity index (χ1v) is 5.47. The molecule has 0 fully saturated rings. The molecule has 0 saturated carbocycles. The molecule has 8 heteroatoms. The highest BCUT2D eigenvalue weighted by atomic mass is 31.1. The van der Waals surface area contributed by atoms with Crippen molar-refractivity contribution in [1.82, 2.24) is 0 Å². The minimum Gasteiger partial charge on any atom is -0.133 e. The third-order valence-corrected chi connectivity index (χ3v) is 1.75. The number of rotatable bonds is 7. The SMILES string of the molecule is O=[P+](O)OCCCCO[P+](=O)O. The van der Waals surface area contributed by atoms with E-state index >= 15 is 0 Å². The summed E-state index contributed by atoms with van der Waals surface area (Å²) in [4.78, 5) is 16.3. The second-order valence-electron chi connectivity index (χ2n) is 1.85. The van der Waals surface area contributed by atoms with Gasteiger partial charge in [0.1, 0.15) is 13.2 Å². The summed E-state index contributed by atoms with van der Waals surface area (Å²) in [5.41, 5.74) is 0. The van der Waals surface area contributed by atoms with Gasteiger partial charge in [-0.3, -0.25) is 0 Å². The first kappa shape index (κ1) is 12.0. The maximum atomic E-state index is 9.95. The van der Waals surface area contributed by atoms with Crippen molar-refractivity contribution in [2.24, 2.45) is 0 Å². The summed E-state index contributed by atoms with van der Waals surface area (Å²) in [6, 6.07) is 0. The fourth-order valence-corrected chi connectivity index (χ4v) is 1.06. The van der Waals surface area contributed by atoms with Crippen LogP contribution in [0, 0.1) is 0 Å². The summed E-state index contributed by atoms with van der Waals surface area (Å²) in [6.07, 6.45) is 1.04. The second kappa shape index (κ2) is 7.68. The van der Waals surface area contributed by atoms with Crippen molar-refractivity contribution in [3.05, 3.63) is 0 Å². The van der Waals surface area contributed by atoms with Gasteiger partial charge in [-0.25, -0.2) is 0 Å². The van der Waals surface area contributed by atoms with Gasteiger partial charge in [0.25, 0.3) is 0 Å². The molecule has 0 rings (SSSR count). The molecule has 2 unspecified atom stereocenters. The van der Waals surface area contributed by atoms with Crippen molar-refractivity contribution in [2.75, 3.05) is 13.2 Å². The van der Waals surface area contributed by atoms with Gasteiger partial charge in [0.05, 0.1) is 0 Å². The van der Waals surface area contributed by atoms with Crippen molar-refractivity contribution >= 4 is 16.5 Å². The average molecular weight is 216 g/mol. The molecule has 0 spiro atoms. The Balaban J connectivity index is 3.01. The van der Waals surface area contributed by atoms with E-state index < -0.39 is 16.5 Å². The molecule has 70 valence electrons. The zero-order chi connectivity index (χ0) is 9.40. The van der Waals surface area contributed by atoms with E-state index in [4.69, 9.17) is 9.79 Å². The van der Waals surface area contributed by atoms with Gasteiger partial charge in [-0.05, 0) is 12.8 Å². The van der Waals surface area contributed by atoms with Crippen LogP contribution >= 0.6 is 16.5 Å². The van der Waals surface area contributed by atoms with E-state index in [1.807, 2.05) is 0 Å². The van der Waals surface area contributed by atoms with Crippen LogP contribution in [0.5, 0.6) is 0 Å². The quantitative estimate of drug-likeness (QED) is 0.488. The molecule has 0 radical (unpaired) electrons. The Morgan fingerprint density at radius 3 is 1.50 bits per heavy atom. The molecule has 0 aromatic carbocycles. The van der Waals surface area contributed by atoms with Gasteiger partial charge in [-0.2, -0.15) is 0 Å². The molecule has 2 atom stereocenters. The van der Waals surface area contributed by atoms with E-state index in [2.05, 4.69) is 9.05 Å². The highest BCUT2D eigenvalue weighted by molar-refractivity contribution is 7.32. The van der Waals surface area contributed by atoms with Crippen LogP contribution in [0.25, 0.3) is 0 Å². The Kier molecular flexibility index (Phi) is 7.70. The standard InChI is InChI=1S/C4H8O6P2/c5-11(6)9-3-1-2-4-10-12(7)8/h1-4H2/p+2. The van der Waals surface area contributed by atoms with E-state index in [1.54, 1.807) is 0 Å². The smallest absolute Gasteiger partial charge is 0.133 e. The second-order valence-corrected chi connectivity index (χ2v) is 3.32. The molecule has 0 aromatic heterocycles. The van der Waals surface area contributed by atoms with Crippen LogP contribution in [0.3, 0.4) is 0 Å². The lowest BCUT2D eigenvalue weighted by atomic mass is 10.3. The fraction of sp³-hybridized carbons (Fsp3) is 1.00. The first-order valence-electron chi connectivity index (χ1n) is 3.21. The minimum absolute atomic E-state index is 0.150. The summed E-state index contributed by atoms with van der Waals surface area (Å²) in [5, 5.41) is 0. The van der Waals surface area contributed by atoms with E-state index in [0.29, 0.717) is 12.8 Å². The molecular weight excluding hydrogens is 206 g/mol. The molecule has 0 saturated heterocycles. The normalized spacial score (nSPS) is 12.8. The van der Waals surface area contributed by atoms with Crippen molar-refractivity contribution < 1.29 is 28.0 Å². The predicted molar refractivity (Wildman–Crippen MR) is 40.8 cm³/mol. The van der Waals surface area contributed by atoms with E-state index in [9.17, 15) is 9.13 Å². The lowest BCUT2D eigenvalue weighted by Crippen LogP contribution is -1.91. The predicted octanol–water partition coefficient (Wildman–Crippen LogP) is 1.10. The molecule has 0 aliphatic rings. The molecule has 0 heterocycles. The molecular formula is C4H10O6P2+2. The minimum atomic E-state index is -2.53. The molecule has 2 N–H and O–H groups in total. The third kappa shape index (κ3) is 10.0. The average Bonchev–Trinajstić information content (AvgIpc) is 1.95. The highest BCUT2D eigenvalue weighted by Gasteiger charge is 2.12. The van der Waals surface area contributed by atoms with Gasteiger partial charge in [0.15, 0.2) is 0 Å². The van der Waals surface area contributed by atoms with Crippen LogP contribution in [0.2, 0.25) is 0 Å². The van der Waals surface area contributed by atoms with Crippen LogP contribution in [-0.4, -0.2) is 23.0 Å². The van der Waals surface area contributed by atoms with E-state index in [0.717, 1.165) is 0 Å². The van der Waals surface area contributed by atoms with Crippen LogP contribution in [0.1, 0.15) is 12.8 Å². The summed E-state index contributed by atoms with van der Waals surface area (Å²) in [5.74, 6) is 0. The lowest BCUT2D eigenvalue weighted by Gasteiger charge is -1.89. The van der Waals surface area contributed by atoms with E-state index in [-0.39, 0.29) is 13.2 Å². The van der Waals surface area contributed by atoms with Gasteiger partial charge in [0.2, 0.25) is 0 Å². The molecule has 0 aliphatic heterocycles. The Morgan fingerprint density at radius 1 is 0.917 bits per heavy atom. The van der Waals surface area contributed by atoms with Crippen LogP contribution in [0.4, 0.5) is 0 Å². The summed E-state index contributed by atoms with van der Waals surface area (Å²) < 4.78 is 28.5. The van der Waals surface area contributed by atoms with Crippen LogP contribution in [-0.2, 0) is 18.2 Å². The summed E-state index contributed by atoms with van der Waals surface area (Å²) >= 11 is 0. The Morgan fingerprint density at radius 2 is 1.25 bits per heavy atom. The van der Waals surface area contributed by atoms with Gasteiger partial charge in [-0.1, -0.05) is 0 Å². The van der Waals surface area contributed by atoms with Gasteiger partial charge in [-0.15, -0.1) is 18.8 Å². The van der Waals surface area contributed by atoms with Gasteiger partial charge >= 0.3 is 16.5 Å². The van der Waals surface area contributed by atoms with Gasteiger partial charge < -0.3 is 0 Å². The molecule has 0 aromatic rings. The van der Waals surface area contributed by atoms with Crippen LogP contribution in [0.15, 0.2) is 0 Å². The largest absolute Gasteiger partial charge is 0.694 e. The lowest BCUT2D eigenvalue weighted by molar-refractivity contribution is 0.243. The van der Waals surface area contributed by atoms with E-state index in [1.165, 1.54) is 0 Å². The molecule has 6 nitrogen and oxygen atoms in total. The monoisotopic (exact) mass is 216 g/mol. The zero-order valence-electron chi connectivity index (χ0n) is 6.25. The number of hydrogen-bond donors (Lipinski definition) is 2. The van der Waals surface area contributed by atoms with Crippen molar-refractivity contribution in [3.63, 3.8) is 0 Å². The Hall–Kier alpha value is 0.0400. The van der Waals surface area contributed by atoms with Crippen LogP contribution < -0.4 is 0 Å². The molecule has 0 amide bonds. The fourth-order valence-electron chi connectivity index (χ4n) is 0.489. The van der Waals surface area contributed by atoms with Crippen molar-refractivity contribution in [2.45, 2.75) is 12.8 Å². The highest BCUT2D eigenvalue weighted by Crippen LogP contribution is 2.16. The Labute approximate surface area is 71.4 Å². The maximum Gasteiger partial charge on any atom is 0.694 e. The van der Waals surface area contributed by atoms with Gasteiger partial charge in [0, 0.05) is 9.13 Å².